The van der Waals surface area contributed by atoms with Gasteiger partial charge in [0.1, 0.15) is 17.9 Å². The van der Waals surface area contributed by atoms with Crippen molar-refractivity contribution in [2.45, 2.75) is 91.2 Å². The highest BCUT2D eigenvalue weighted by Gasteiger charge is 2.65. The largest absolute Gasteiger partial charge is 0.599 e. The molecule has 1 spiro atoms. The SMILES string of the molecule is CC(C)O[NH+]([O-])C1CC2=CC(=O)CCC2(C)C2=C1C1=CC[C@@]3(C)CCC(=O)C13CC2. The average Bonchev–Trinajstić information content (AvgIpc) is 3.11. The number of allylic oxidation sites excluding steroid dienone is 3. The Bertz CT molecular complexity index is 927. The number of carbonyl (C=O) groups is 2. The molecule has 1 N–H and O–H groups in total. The minimum absolute atomic E-state index is 0.0238. The van der Waals surface area contributed by atoms with Gasteiger partial charge in [-0.15, -0.1) is 0 Å². The van der Waals surface area contributed by atoms with E-state index >= 15 is 0 Å². The number of hydrogen-bond donors (Lipinski definition) is 1. The Labute approximate surface area is 178 Å². The number of Topliss-reactive ketones (excluding diaryl/α,β-unsaturated/α-hetero) is 1. The van der Waals surface area contributed by atoms with Gasteiger partial charge >= 0.3 is 0 Å². The third-order valence-corrected chi connectivity index (χ3v) is 8.98. The van der Waals surface area contributed by atoms with Crippen molar-refractivity contribution >= 4 is 11.6 Å². The molecule has 0 aromatic rings. The first-order valence-corrected chi connectivity index (χ1v) is 11.5. The molecule has 30 heavy (non-hydrogen) atoms. The van der Waals surface area contributed by atoms with E-state index < -0.39 is 11.5 Å². The maximum absolute atomic E-state index is 13.3. The first kappa shape index (κ1) is 20.3. The number of nitrogens with one attached hydrogen (secondary N) is 1. The van der Waals surface area contributed by atoms with Crippen LogP contribution in [0.25, 0.3) is 0 Å². The number of hydrogen-bond acceptors (Lipinski definition) is 4. The van der Waals surface area contributed by atoms with Gasteiger partial charge in [0.2, 0.25) is 0 Å². The van der Waals surface area contributed by atoms with E-state index in [1.165, 1.54) is 5.57 Å². The highest BCUT2D eigenvalue weighted by atomic mass is 16.9. The fourth-order valence-corrected chi connectivity index (χ4v) is 7.33. The molecule has 0 radical (unpaired) electrons. The zero-order valence-corrected chi connectivity index (χ0v) is 18.6. The molecule has 5 aliphatic carbocycles. The maximum atomic E-state index is 13.3. The molecule has 0 saturated heterocycles. The van der Waals surface area contributed by atoms with Crippen LogP contribution in [0.15, 0.2) is 34.4 Å². The van der Waals surface area contributed by atoms with Gasteiger partial charge in [-0.05, 0) is 63.0 Å². The van der Waals surface area contributed by atoms with Gasteiger partial charge in [-0.25, -0.2) is 10.1 Å². The minimum Gasteiger partial charge on any atom is -0.599 e. The lowest BCUT2D eigenvalue weighted by Gasteiger charge is -2.53. The van der Waals surface area contributed by atoms with Gasteiger partial charge in [0.25, 0.3) is 0 Å². The topological polar surface area (TPSA) is 70.9 Å². The van der Waals surface area contributed by atoms with Crippen molar-refractivity contribution < 1.29 is 19.7 Å². The first-order valence-electron chi connectivity index (χ1n) is 11.5. The first-order chi connectivity index (χ1) is 14.1. The molecule has 5 atom stereocenters. The molecule has 0 heterocycles. The predicted molar refractivity (Wildman–Crippen MR) is 113 cm³/mol. The molecule has 5 aliphatic rings. The van der Waals surface area contributed by atoms with E-state index in [4.69, 9.17) is 4.84 Å². The normalized spacial score (nSPS) is 41.2. The summed E-state index contributed by atoms with van der Waals surface area (Å²) in [5, 5.41) is 13.1. The van der Waals surface area contributed by atoms with Crippen LogP contribution in [0.1, 0.15) is 79.1 Å². The quantitative estimate of drug-likeness (QED) is 0.721. The standard InChI is InChI=1S/C25H33NO4/c1-15(2)30-26(29)20-14-16-13-17(27)5-11-24(16,4)18-7-12-25-19(22(18)20)6-9-23(25,3)10-8-21(25)28/h6,13,15,20,26H,5,7-12,14H2,1-4H3/t20?,23-,24?,25?/m0/s1. The van der Waals surface area contributed by atoms with Crippen LogP contribution in [0.5, 0.6) is 0 Å². The van der Waals surface area contributed by atoms with Crippen LogP contribution >= 0.6 is 0 Å². The van der Waals surface area contributed by atoms with Gasteiger partial charge in [0.05, 0.1) is 5.41 Å². The predicted octanol–water partition coefficient (Wildman–Crippen LogP) is 3.55. The van der Waals surface area contributed by atoms with Gasteiger partial charge in [-0.3, -0.25) is 9.59 Å². The van der Waals surface area contributed by atoms with Gasteiger partial charge in [0, 0.05) is 30.3 Å². The molecule has 162 valence electrons. The molecular formula is C25H33NO4. The molecule has 5 nitrogen and oxygen atoms in total. The maximum Gasteiger partial charge on any atom is 0.155 e. The van der Waals surface area contributed by atoms with Crippen molar-refractivity contribution in [3.63, 3.8) is 0 Å². The molecule has 5 rings (SSSR count). The van der Waals surface area contributed by atoms with Crippen molar-refractivity contribution in [2.24, 2.45) is 16.2 Å². The molecule has 0 aromatic heterocycles. The van der Waals surface area contributed by atoms with Gasteiger partial charge in [-0.2, -0.15) is 0 Å². The summed E-state index contributed by atoms with van der Waals surface area (Å²) < 4.78 is 0. The monoisotopic (exact) mass is 411 g/mol. The molecule has 0 amide bonds. The Morgan fingerprint density at radius 1 is 1.13 bits per heavy atom. The van der Waals surface area contributed by atoms with Crippen molar-refractivity contribution in [1.29, 1.82) is 0 Å². The average molecular weight is 412 g/mol. The van der Waals surface area contributed by atoms with Crippen molar-refractivity contribution in [1.82, 2.24) is 0 Å². The number of fused-ring (bicyclic) bond motifs is 3. The Balaban J connectivity index is 1.70. The van der Waals surface area contributed by atoms with Gasteiger partial charge < -0.3 is 5.21 Å². The molecule has 1 saturated carbocycles. The lowest BCUT2D eigenvalue weighted by Crippen LogP contribution is -3.11. The zero-order chi connectivity index (χ0) is 21.5. The number of quaternary nitrogens is 1. The zero-order valence-electron chi connectivity index (χ0n) is 18.6. The number of rotatable bonds is 3. The summed E-state index contributed by atoms with van der Waals surface area (Å²) in [4.78, 5) is 31.2. The summed E-state index contributed by atoms with van der Waals surface area (Å²) in [6, 6.07) is -0.410. The summed E-state index contributed by atoms with van der Waals surface area (Å²) in [6.45, 7) is 8.26. The summed E-state index contributed by atoms with van der Waals surface area (Å²) in [7, 11) is 0. The summed E-state index contributed by atoms with van der Waals surface area (Å²) in [6.07, 6.45) is 9.93. The summed E-state index contributed by atoms with van der Waals surface area (Å²) in [5.41, 5.74) is 3.98. The second-order valence-electron chi connectivity index (χ2n) is 10.8. The fourth-order valence-electron chi connectivity index (χ4n) is 7.33. The number of hydroxylamine groups is 2. The number of carbonyl (C=O) groups excluding carboxylic acids is 2. The van der Waals surface area contributed by atoms with Gasteiger partial charge in [-0.1, -0.05) is 31.1 Å². The molecule has 4 unspecified atom stereocenters. The third-order valence-electron chi connectivity index (χ3n) is 8.98. The minimum atomic E-state index is -0.426. The third kappa shape index (κ3) is 2.46. The smallest absolute Gasteiger partial charge is 0.155 e. The van der Waals surface area contributed by atoms with Crippen LogP contribution in [0, 0.1) is 21.5 Å². The van der Waals surface area contributed by atoms with Crippen molar-refractivity contribution in [3.8, 4) is 0 Å². The molecular weight excluding hydrogens is 378 g/mol. The Morgan fingerprint density at radius 2 is 1.90 bits per heavy atom. The molecule has 1 fully saturated rings. The summed E-state index contributed by atoms with van der Waals surface area (Å²) in [5.74, 6) is 0.523. The highest BCUT2D eigenvalue weighted by Crippen LogP contribution is 2.69. The molecule has 5 heteroatoms. The van der Waals surface area contributed by atoms with Crippen LogP contribution in [-0.2, 0) is 14.4 Å². The molecule has 0 aromatic carbocycles. The van der Waals surface area contributed by atoms with E-state index in [9.17, 15) is 14.8 Å². The Kier molecular flexibility index (Phi) is 4.39. The van der Waals surface area contributed by atoms with E-state index in [0.717, 1.165) is 48.8 Å². The van der Waals surface area contributed by atoms with E-state index in [1.54, 1.807) is 6.08 Å². The van der Waals surface area contributed by atoms with Gasteiger partial charge in [0.15, 0.2) is 5.78 Å². The van der Waals surface area contributed by atoms with Crippen LogP contribution in [0.4, 0.5) is 0 Å². The van der Waals surface area contributed by atoms with E-state index in [-0.39, 0.29) is 27.9 Å². The van der Waals surface area contributed by atoms with E-state index in [1.807, 2.05) is 13.8 Å². The van der Waals surface area contributed by atoms with Crippen LogP contribution in [-0.4, -0.2) is 23.7 Å². The van der Waals surface area contributed by atoms with Crippen LogP contribution in [0.2, 0.25) is 0 Å². The van der Waals surface area contributed by atoms with Crippen molar-refractivity contribution in [2.75, 3.05) is 0 Å². The number of ketones is 2. The van der Waals surface area contributed by atoms with Crippen molar-refractivity contribution in [3.05, 3.63) is 39.7 Å². The second kappa shape index (κ2) is 6.47. The van der Waals surface area contributed by atoms with Crippen LogP contribution < -0.4 is 5.23 Å². The fraction of sp³-hybridized carbons (Fsp3) is 0.680. The lowest BCUT2D eigenvalue weighted by molar-refractivity contribution is -1.07. The Hall–Kier alpha value is -1.56. The second-order valence-corrected chi connectivity index (χ2v) is 10.8. The van der Waals surface area contributed by atoms with E-state index in [2.05, 4.69) is 19.9 Å². The highest BCUT2D eigenvalue weighted by molar-refractivity contribution is 5.95. The molecule has 0 aliphatic heterocycles. The lowest BCUT2D eigenvalue weighted by atomic mass is 9.51. The van der Waals surface area contributed by atoms with Crippen LogP contribution in [0.3, 0.4) is 0 Å². The van der Waals surface area contributed by atoms with E-state index in [0.29, 0.717) is 25.0 Å². The summed E-state index contributed by atoms with van der Waals surface area (Å²) >= 11 is 0. The molecule has 0 bridgehead atoms. The Morgan fingerprint density at radius 3 is 2.63 bits per heavy atom.